The van der Waals surface area contributed by atoms with E-state index in [0.717, 1.165) is 16.7 Å². The van der Waals surface area contributed by atoms with Crippen molar-refractivity contribution in [2.75, 3.05) is 13.7 Å². The third-order valence-corrected chi connectivity index (χ3v) is 3.29. The van der Waals surface area contributed by atoms with E-state index in [-0.39, 0.29) is 6.04 Å². The van der Waals surface area contributed by atoms with Crippen LogP contribution in [0.2, 0.25) is 0 Å². The van der Waals surface area contributed by atoms with Gasteiger partial charge in [0.05, 0.1) is 18.5 Å². The van der Waals surface area contributed by atoms with E-state index in [1.165, 1.54) is 0 Å². The maximum Gasteiger partial charge on any atom is 0.262 e. The third kappa shape index (κ3) is 2.83. The lowest BCUT2D eigenvalue weighted by Gasteiger charge is -2.12. The molecule has 0 aliphatic heterocycles. The Kier molecular flexibility index (Phi) is 3.75. The Bertz CT molecular complexity index is 722. The number of aromatic nitrogens is 1. The fraction of sp³-hybridized carbons (Fsp3) is 0.188. The first kappa shape index (κ1) is 13.5. The fourth-order valence-corrected chi connectivity index (χ4v) is 2.08. The maximum atomic E-state index is 6.12. The van der Waals surface area contributed by atoms with Gasteiger partial charge in [-0.1, -0.05) is 24.3 Å². The van der Waals surface area contributed by atoms with E-state index in [0.29, 0.717) is 18.1 Å². The zero-order chi connectivity index (χ0) is 14.7. The van der Waals surface area contributed by atoms with E-state index in [1.54, 1.807) is 7.11 Å². The molecule has 21 heavy (non-hydrogen) atoms. The van der Waals surface area contributed by atoms with Crippen LogP contribution >= 0.6 is 0 Å². The average molecular weight is 284 g/mol. The van der Waals surface area contributed by atoms with E-state index in [4.69, 9.17) is 19.7 Å². The Morgan fingerprint density at radius 1 is 1.14 bits per heavy atom. The second kappa shape index (κ2) is 5.85. The quantitative estimate of drug-likeness (QED) is 0.780. The summed E-state index contributed by atoms with van der Waals surface area (Å²) in [7, 11) is 1.63. The molecule has 2 N–H and O–H groups in total. The lowest BCUT2D eigenvalue weighted by Crippen LogP contribution is -2.19. The molecule has 1 unspecified atom stereocenters. The molecule has 0 saturated carbocycles. The summed E-state index contributed by atoms with van der Waals surface area (Å²) in [6.07, 6.45) is 0. The van der Waals surface area contributed by atoms with Gasteiger partial charge >= 0.3 is 0 Å². The molecule has 0 aliphatic carbocycles. The van der Waals surface area contributed by atoms with Crippen molar-refractivity contribution in [3.63, 3.8) is 0 Å². The van der Waals surface area contributed by atoms with Crippen LogP contribution < -0.4 is 15.2 Å². The number of benzene rings is 2. The monoisotopic (exact) mass is 284 g/mol. The van der Waals surface area contributed by atoms with Crippen LogP contribution in [-0.4, -0.2) is 18.9 Å². The Balaban J connectivity index is 1.68. The van der Waals surface area contributed by atoms with E-state index in [2.05, 4.69) is 5.16 Å². The molecule has 0 radical (unpaired) electrons. The summed E-state index contributed by atoms with van der Waals surface area (Å²) >= 11 is 0. The number of nitrogens with zero attached hydrogens (tertiary/aromatic N) is 1. The minimum atomic E-state index is -0.244. The van der Waals surface area contributed by atoms with Crippen LogP contribution in [0.4, 0.5) is 0 Å². The van der Waals surface area contributed by atoms with Crippen LogP contribution in [0.15, 0.2) is 53.1 Å². The third-order valence-electron chi connectivity index (χ3n) is 3.29. The van der Waals surface area contributed by atoms with Gasteiger partial charge in [-0.25, -0.2) is 0 Å². The molecule has 1 aromatic heterocycles. The van der Waals surface area contributed by atoms with Gasteiger partial charge in [-0.3, -0.25) is 0 Å². The Morgan fingerprint density at radius 3 is 2.67 bits per heavy atom. The molecule has 0 fully saturated rings. The predicted molar refractivity (Wildman–Crippen MR) is 79.4 cm³/mol. The molecule has 5 heteroatoms. The second-order valence-corrected chi connectivity index (χ2v) is 4.67. The highest BCUT2D eigenvalue weighted by atomic mass is 16.5. The van der Waals surface area contributed by atoms with Crippen molar-refractivity contribution in [2.45, 2.75) is 6.04 Å². The van der Waals surface area contributed by atoms with E-state index in [1.807, 2.05) is 48.5 Å². The number of hydrogen-bond donors (Lipinski definition) is 1. The van der Waals surface area contributed by atoms with Gasteiger partial charge in [0, 0.05) is 0 Å². The molecular weight excluding hydrogens is 268 g/mol. The lowest BCUT2D eigenvalue weighted by molar-refractivity contribution is 0.264. The van der Waals surface area contributed by atoms with Gasteiger partial charge in [0.25, 0.3) is 5.88 Å². The first-order chi connectivity index (χ1) is 10.3. The van der Waals surface area contributed by atoms with Crippen LogP contribution in [0.1, 0.15) is 11.6 Å². The second-order valence-electron chi connectivity index (χ2n) is 4.67. The van der Waals surface area contributed by atoms with Gasteiger partial charge in [0.15, 0.2) is 5.58 Å². The van der Waals surface area contributed by atoms with Crippen molar-refractivity contribution in [1.82, 2.24) is 5.16 Å². The van der Waals surface area contributed by atoms with Crippen LogP contribution in [-0.2, 0) is 0 Å². The summed E-state index contributed by atoms with van der Waals surface area (Å²) in [6, 6.07) is 14.9. The van der Waals surface area contributed by atoms with Gasteiger partial charge in [0.2, 0.25) is 0 Å². The molecule has 0 aliphatic rings. The van der Waals surface area contributed by atoms with Crippen LogP contribution in [0.5, 0.6) is 11.6 Å². The number of rotatable bonds is 5. The predicted octanol–water partition coefficient (Wildman–Crippen LogP) is 2.92. The van der Waals surface area contributed by atoms with Gasteiger partial charge in [-0.15, -0.1) is 0 Å². The molecule has 108 valence electrons. The van der Waals surface area contributed by atoms with Gasteiger partial charge in [-0.2, -0.15) is 0 Å². The molecule has 1 heterocycles. The SMILES string of the molecule is COc1ccc(C(N)COc2noc3ccccc23)cc1. The van der Waals surface area contributed by atoms with Crippen LogP contribution in [0, 0.1) is 0 Å². The van der Waals surface area contributed by atoms with Crippen LogP contribution in [0.25, 0.3) is 11.0 Å². The van der Waals surface area contributed by atoms with Crippen molar-refractivity contribution in [3.05, 3.63) is 54.1 Å². The van der Waals surface area contributed by atoms with Crippen molar-refractivity contribution in [2.24, 2.45) is 5.73 Å². The van der Waals surface area contributed by atoms with Crippen molar-refractivity contribution in [3.8, 4) is 11.6 Å². The number of para-hydroxylation sites is 1. The molecule has 3 aromatic rings. The molecular formula is C16H16N2O3. The molecule has 2 aromatic carbocycles. The summed E-state index contributed by atoms with van der Waals surface area (Å²) < 4.78 is 16.0. The smallest absolute Gasteiger partial charge is 0.262 e. The Hall–Kier alpha value is -2.53. The number of nitrogens with two attached hydrogens (primary N) is 1. The molecule has 1 atom stereocenters. The van der Waals surface area contributed by atoms with Gasteiger partial charge < -0.3 is 19.7 Å². The molecule has 5 nitrogen and oxygen atoms in total. The Labute approximate surface area is 122 Å². The molecule has 0 saturated heterocycles. The molecule has 0 spiro atoms. The normalized spacial score (nSPS) is 12.3. The molecule has 3 rings (SSSR count). The average Bonchev–Trinajstić information content (AvgIpc) is 2.96. The molecule has 0 amide bonds. The van der Waals surface area contributed by atoms with E-state index >= 15 is 0 Å². The van der Waals surface area contributed by atoms with Crippen molar-refractivity contribution in [1.29, 1.82) is 0 Å². The maximum absolute atomic E-state index is 6.12. The standard InChI is InChI=1S/C16H16N2O3/c1-19-12-8-6-11(7-9-12)14(17)10-20-16-13-4-2-3-5-15(13)21-18-16/h2-9,14H,10,17H2,1H3. The van der Waals surface area contributed by atoms with Gasteiger partial charge in [0.1, 0.15) is 12.4 Å². The fourth-order valence-electron chi connectivity index (χ4n) is 2.08. The minimum absolute atomic E-state index is 0.244. The largest absolute Gasteiger partial charge is 0.497 e. The first-order valence-electron chi connectivity index (χ1n) is 6.64. The highest BCUT2D eigenvalue weighted by molar-refractivity contribution is 5.81. The van der Waals surface area contributed by atoms with Gasteiger partial charge in [-0.05, 0) is 35.0 Å². The summed E-state index contributed by atoms with van der Waals surface area (Å²) in [4.78, 5) is 0. The number of fused-ring (bicyclic) bond motifs is 1. The van der Waals surface area contributed by atoms with Crippen molar-refractivity contribution < 1.29 is 14.0 Å². The van der Waals surface area contributed by atoms with E-state index < -0.39 is 0 Å². The summed E-state index contributed by atoms with van der Waals surface area (Å²) in [5.41, 5.74) is 7.80. The first-order valence-corrected chi connectivity index (χ1v) is 6.64. The van der Waals surface area contributed by atoms with E-state index in [9.17, 15) is 0 Å². The summed E-state index contributed by atoms with van der Waals surface area (Å²) in [5, 5.41) is 4.76. The Morgan fingerprint density at radius 2 is 1.90 bits per heavy atom. The number of methoxy groups -OCH3 is 1. The minimum Gasteiger partial charge on any atom is -0.497 e. The zero-order valence-corrected chi connectivity index (χ0v) is 11.7. The lowest BCUT2D eigenvalue weighted by atomic mass is 10.1. The highest BCUT2D eigenvalue weighted by Crippen LogP contribution is 2.25. The highest BCUT2D eigenvalue weighted by Gasteiger charge is 2.12. The number of hydrogen-bond acceptors (Lipinski definition) is 5. The number of ether oxygens (including phenoxy) is 2. The topological polar surface area (TPSA) is 70.5 Å². The summed E-state index contributed by atoms with van der Waals surface area (Å²) in [6.45, 7) is 0.322. The summed E-state index contributed by atoms with van der Waals surface area (Å²) in [5.74, 6) is 1.27. The van der Waals surface area contributed by atoms with Crippen LogP contribution in [0.3, 0.4) is 0 Å². The molecule has 0 bridgehead atoms. The zero-order valence-electron chi connectivity index (χ0n) is 11.7. The van der Waals surface area contributed by atoms with Crippen molar-refractivity contribution >= 4 is 11.0 Å².